The van der Waals surface area contributed by atoms with Crippen LogP contribution in [0.15, 0.2) is 36.7 Å². The first-order chi connectivity index (χ1) is 17.5. The first-order valence-electron chi connectivity index (χ1n) is 12.0. The van der Waals surface area contributed by atoms with E-state index in [1.54, 1.807) is 25.6 Å². The molecule has 0 unspecified atom stereocenters. The molecule has 4 aromatic rings. The first-order valence-corrected chi connectivity index (χ1v) is 12.0. The third-order valence-electron chi connectivity index (χ3n) is 6.88. The van der Waals surface area contributed by atoms with Gasteiger partial charge in [0.15, 0.2) is 0 Å². The summed E-state index contributed by atoms with van der Waals surface area (Å²) in [5, 5.41) is 7.23. The molecule has 8 nitrogen and oxygen atoms in total. The summed E-state index contributed by atoms with van der Waals surface area (Å²) in [5.41, 5.74) is 6.79. The van der Waals surface area contributed by atoms with Gasteiger partial charge in [0, 0.05) is 48.5 Å². The largest absolute Gasteiger partial charge is 0.495 e. The molecule has 2 aliphatic rings. The number of methoxy groups -OCH3 is 1. The Labute approximate surface area is 208 Å². The monoisotopic (exact) mass is 486 g/mol. The molecule has 9 heteroatoms. The number of hydrogen-bond donors (Lipinski definition) is 2. The normalized spacial score (nSPS) is 15.0. The van der Waals surface area contributed by atoms with E-state index in [9.17, 15) is 0 Å². The molecule has 184 valence electrons. The summed E-state index contributed by atoms with van der Waals surface area (Å²) < 4.78 is 26.4. The predicted molar refractivity (Wildman–Crippen MR) is 138 cm³/mol. The fourth-order valence-corrected chi connectivity index (χ4v) is 4.93. The van der Waals surface area contributed by atoms with Crippen molar-refractivity contribution in [2.75, 3.05) is 44.5 Å². The van der Waals surface area contributed by atoms with Gasteiger partial charge in [-0.1, -0.05) is 0 Å². The lowest BCUT2D eigenvalue weighted by Gasteiger charge is -2.26. The number of halogens is 1. The Balaban J connectivity index is 1.38. The summed E-state index contributed by atoms with van der Waals surface area (Å²) in [5.74, 6) is 1.35. The zero-order valence-electron chi connectivity index (χ0n) is 20.5. The zero-order chi connectivity index (χ0) is 24.8. The van der Waals surface area contributed by atoms with E-state index in [2.05, 4.69) is 44.7 Å². The summed E-state index contributed by atoms with van der Waals surface area (Å²) in [4.78, 5) is 15.8. The van der Waals surface area contributed by atoms with E-state index in [1.807, 2.05) is 6.92 Å². The van der Waals surface area contributed by atoms with Gasteiger partial charge in [0.2, 0.25) is 11.8 Å². The van der Waals surface area contributed by atoms with Crippen molar-refractivity contribution in [3.8, 4) is 22.8 Å². The van der Waals surface area contributed by atoms with Crippen LogP contribution in [0.2, 0.25) is 0 Å². The lowest BCUT2D eigenvalue weighted by molar-refractivity contribution is 0.310. The molecule has 2 aromatic heterocycles. The Morgan fingerprint density at radius 3 is 2.86 bits per heavy atom. The molecule has 0 radical (unpaired) electrons. The number of nitrogens with zero attached hydrogens (tertiary/aromatic N) is 4. The van der Waals surface area contributed by atoms with Crippen LogP contribution in [0, 0.1) is 12.7 Å². The third kappa shape index (κ3) is 3.95. The van der Waals surface area contributed by atoms with E-state index in [0.29, 0.717) is 47.0 Å². The standard InChI is InChI=1S/C27H27FN6O2/c1-15-20(13-30-26-25(15)29-5-7-36-26)19-11-22-17(8-21(19)28)12-31-27(32-22)33-23-9-18-14-34(2)6-4-16(18)10-24(23)35-3/h8-13,29H,4-7,14H2,1-3H3,(H,31,32,33). The molecular formula is C27H27FN6O2. The van der Waals surface area contributed by atoms with Crippen LogP contribution in [0.5, 0.6) is 11.6 Å². The number of fused-ring (bicyclic) bond motifs is 3. The summed E-state index contributed by atoms with van der Waals surface area (Å²) >= 11 is 0. The number of pyridine rings is 1. The summed E-state index contributed by atoms with van der Waals surface area (Å²) in [6, 6.07) is 7.40. The minimum Gasteiger partial charge on any atom is -0.495 e. The van der Waals surface area contributed by atoms with Crippen LogP contribution >= 0.6 is 0 Å². The van der Waals surface area contributed by atoms with Crippen molar-refractivity contribution in [3.63, 3.8) is 0 Å². The maximum atomic E-state index is 15.2. The van der Waals surface area contributed by atoms with Crippen molar-refractivity contribution in [3.05, 3.63) is 59.2 Å². The number of likely N-dealkylation sites (N-methyl/N-ethyl adjacent to an activating group) is 1. The van der Waals surface area contributed by atoms with Crippen LogP contribution in [-0.2, 0) is 13.0 Å². The Morgan fingerprint density at radius 1 is 1.11 bits per heavy atom. The Morgan fingerprint density at radius 2 is 2.00 bits per heavy atom. The van der Waals surface area contributed by atoms with Gasteiger partial charge in [0.1, 0.15) is 23.9 Å². The molecule has 36 heavy (non-hydrogen) atoms. The molecule has 0 fully saturated rings. The van der Waals surface area contributed by atoms with Crippen molar-refractivity contribution in [1.82, 2.24) is 19.9 Å². The highest BCUT2D eigenvalue weighted by Gasteiger charge is 2.20. The van der Waals surface area contributed by atoms with Crippen molar-refractivity contribution >= 4 is 28.2 Å². The maximum absolute atomic E-state index is 15.2. The lowest BCUT2D eigenvalue weighted by atomic mass is 9.98. The van der Waals surface area contributed by atoms with Crippen molar-refractivity contribution in [2.45, 2.75) is 19.9 Å². The van der Waals surface area contributed by atoms with Gasteiger partial charge in [-0.3, -0.25) is 0 Å². The molecule has 0 saturated carbocycles. The molecule has 2 N–H and O–H groups in total. The molecule has 0 aliphatic carbocycles. The molecule has 0 saturated heterocycles. The highest BCUT2D eigenvalue weighted by molar-refractivity contribution is 5.87. The van der Waals surface area contributed by atoms with Gasteiger partial charge in [-0.05, 0) is 61.3 Å². The van der Waals surface area contributed by atoms with Gasteiger partial charge in [-0.25, -0.2) is 19.3 Å². The highest BCUT2D eigenvalue weighted by Crippen LogP contribution is 2.38. The van der Waals surface area contributed by atoms with Gasteiger partial charge in [0.25, 0.3) is 0 Å². The van der Waals surface area contributed by atoms with Crippen molar-refractivity contribution in [2.24, 2.45) is 0 Å². The molecular weight excluding hydrogens is 459 g/mol. The maximum Gasteiger partial charge on any atom is 0.237 e. The predicted octanol–water partition coefficient (Wildman–Crippen LogP) is 4.68. The van der Waals surface area contributed by atoms with Gasteiger partial charge >= 0.3 is 0 Å². The summed E-state index contributed by atoms with van der Waals surface area (Å²) in [7, 11) is 3.78. The number of benzene rings is 2. The van der Waals surface area contributed by atoms with Crippen molar-refractivity contribution in [1.29, 1.82) is 0 Å². The summed E-state index contributed by atoms with van der Waals surface area (Å²) in [6.07, 6.45) is 4.27. The minimum absolute atomic E-state index is 0.353. The quantitative estimate of drug-likeness (QED) is 0.430. The van der Waals surface area contributed by atoms with Crippen LogP contribution in [0.1, 0.15) is 16.7 Å². The van der Waals surface area contributed by atoms with Crippen LogP contribution < -0.4 is 20.1 Å². The Kier molecular flexibility index (Phi) is 5.56. The van der Waals surface area contributed by atoms with Crippen LogP contribution in [0.25, 0.3) is 22.0 Å². The summed E-state index contributed by atoms with van der Waals surface area (Å²) in [6.45, 7) is 5.08. The number of hydrogen-bond acceptors (Lipinski definition) is 8. The Hall–Kier alpha value is -3.98. The van der Waals surface area contributed by atoms with E-state index < -0.39 is 0 Å². The molecule has 0 spiro atoms. The number of anilines is 3. The number of ether oxygens (including phenoxy) is 2. The molecule has 0 atom stereocenters. The van der Waals surface area contributed by atoms with E-state index >= 15 is 4.39 Å². The van der Waals surface area contributed by atoms with E-state index in [1.165, 1.54) is 17.2 Å². The number of rotatable bonds is 4. The van der Waals surface area contributed by atoms with E-state index in [0.717, 1.165) is 42.2 Å². The van der Waals surface area contributed by atoms with Gasteiger partial charge in [-0.2, -0.15) is 0 Å². The molecule has 2 aromatic carbocycles. The fraction of sp³-hybridized carbons (Fsp3) is 0.296. The van der Waals surface area contributed by atoms with Crippen LogP contribution in [0.4, 0.5) is 21.7 Å². The van der Waals surface area contributed by atoms with Gasteiger partial charge < -0.3 is 25.0 Å². The average molecular weight is 487 g/mol. The second-order valence-corrected chi connectivity index (χ2v) is 9.27. The van der Waals surface area contributed by atoms with E-state index in [-0.39, 0.29) is 5.82 Å². The third-order valence-corrected chi connectivity index (χ3v) is 6.88. The molecule has 6 rings (SSSR count). The van der Waals surface area contributed by atoms with Gasteiger partial charge in [0.05, 0.1) is 18.3 Å². The van der Waals surface area contributed by atoms with E-state index in [4.69, 9.17) is 14.5 Å². The topological polar surface area (TPSA) is 84.4 Å². The molecule has 2 aliphatic heterocycles. The smallest absolute Gasteiger partial charge is 0.237 e. The fourth-order valence-electron chi connectivity index (χ4n) is 4.93. The number of nitrogens with one attached hydrogen (secondary N) is 2. The van der Waals surface area contributed by atoms with Crippen LogP contribution in [0.3, 0.4) is 0 Å². The van der Waals surface area contributed by atoms with Crippen LogP contribution in [-0.4, -0.2) is 53.7 Å². The highest BCUT2D eigenvalue weighted by atomic mass is 19.1. The average Bonchev–Trinajstić information content (AvgIpc) is 2.88. The second-order valence-electron chi connectivity index (χ2n) is 9.27. The SMILES string of the molecule is COc1cc2c(cc1Nc1ncc3cc(F)c(-c4cnc5c(c4C)NCCO5)cc3n1)CN(C)CC2. The number of aromatic nitrogens is 3. The van der Waals surface area contributed by atoms with Gasteiger partial charge in [-0.15, -0.1) is 0 Å². The lowest BCUT2D eigenvalue weighted by Crippen LogP contribution is -2.26. The molecule has 0 bridgehead atoms. The molecule has 0 amide bonds. The van der Waals surface area contributed by atoms with Crippen molar-refractivity contribution < 1.29 is 13.9 Å². The Bertz CT molecular complexity index is 1490. The second kappa shape index (κ2) is 8.91. The minimum atomic E-state index is -0.353. The molecule has 4 heterocycles. The first kappa shape index (κ1) is 22.5. The zero-order valence-corrected chi connectivity index (χ0v) is 20.5.